The minimum Gasteiger partial charge on any atom is -0.313 e. The molecular weight excluding hydrogens is 286 g/mol. The molecule has 0 fully saturated rings. The van der Waals surface area contributed by atoms with Crippen molar-refractivity contribution in [3.63, 3.8) is 0 Å². The Labute approximate surface area is 116 Å². The van der Waals surface area contributed by atoms with Gasteiger partial charge in [0, 0.05) is 10.5 Å². The minimum absolute atomic E-state index is 0.541. The van der Waals surface area contributed by atoms with Gasteiger partial charge in [0.1, 0.15) is 0 Å². The number of aryl methyl sites for hydroxylation is 1. The monoisotopic (exact) mass is 301 g/mol. The molecular formula is C16H16BrN. The smallest absolute Gasteiger partial charge is 0.0323 e. The lowest BCUT2D eigenvalue weighted by Gasteiger charge is -2.11. The molecule has 3 rings (SSSR count). The lowest BCUT2D eigenvalue weighted by atomic mass is 10.00. The van der Waals surface area contributed by atoms with Crippen LogP contribution in [0, 0.1) is 0 Å². The maximum Gasteiger partial charge on any atom is 0.0323 e. The van der Waals surface area contributed by atoms with E-state index in [1.807, 2.05) is 7.05 Å². The van der Waals surface area contributed by atoms with Gasteiger partial charge in [0.2, 0.25) is 0 Å². The number of hydrogen-bond acceptors (Lipinski definition) is 1. The van der Waals surface area contributed by atoms with E-state index in [2.05, 4.69) is 63.7 Å². The third kappa shape index (κ3) is 2.11. The topological polar surface area (TPSA) is 12.0 Å². The van der Waals surface area contributed by atoms with Crippen LogP contribution in [0.2, 0.25) is 0 Å². The van der Waals surface area contributed by atoms with Crippen molar-refractivity contribution in [2.24, 2.45) is 0 Å². The van der Waals surface area contributed by atoms with Gasteiger partial charge in [0.25, 0.3) is 0 Å². The number of rotatable bonds is 2. The first-order chi connectivity index (χ1) is 8.78. The molecule has 1 nitrogen and oxygen atoms in total. The summed E-state index contributed by atoms with van der Waals surface area (Å²) in [6.45, 7) is 0. The molecule has 1 aliphatic rings. The molecule has 0 aliphatic heterocycles. The van der Waals surface area contributed by atoms with Crippen LogP contribution in [0.1, 0.15) is 23.6 Å². The first kappa shape index (κ1) is 11.9. The molecule has 0 saturated carbocycles. The van der Waals surface area contributed by atoms with E-state index in [1.54, 1.807) is 0 Å². The summed E-state index contributed by atoms with van der Waals surface area (Å²) in [4.78, 5) is 0. The normalized spacial score (nSPS) is 17.8. The number of nitrogens with one attached hydrogen (secondary N) is 1. The third-order valence-electron chi connectivity index (χ3n) is 3.75. The van der Waals surface area contributed by atoms with Gasteiger partial charge in [-0.05, 0) is 54.3 Å². The highest BCUT2D eigenvalue weighted by Crippen LogP contribution is 2.34. The Morgan fingerprint density at radius 2 is 1.78 bits per heavy atom. The average Bonchev–Trinajstić information content (AvgIpc) is 2.81. The predicted octanol–water partition coefficient (Wildman–Crippen LogP) is 4.32. The van der Waals surface area contributed by atoms with Crippen molar-refractivity contribution in [1.82, 2.24) is 5.32 Å². The molecule has 1 N–H and O–H groups in total. The summed E-state index contributed by atoms with van der Waals surface area (Å²) in [6.07, 6.45) is 2.40. The highest BCUT2D eigenvalue weighted by Gasteiger charge is 2.20. The zero-order valence-corrected chi connectivity index (χ0v) is 12.0. The van der Waals surface area contributed by atoms with Crippen molar-refractivity contribution in [3.8, 4) is 11.1 Å². The standard InChI is InChI=1S/C16H16BrN/c1-18-16-9-5-13-10-12(4-8-15(13)16)11-2-6-14(17)7-3-11/h2-4,6-8,10,16,18H,5,9H2,1H3. The number of halogens is 1. The Balaban J connectivity index is 1.98. The lowest BCUT2D eigenvalue weighted by Crippen LogP contribution is -2.12. The van der Waals surface area contributed by atoms with Gasteiger partial charge in [-0.2, -0.15) is 0 Å². The second-order valence-corrected chi connectivity index (χ2v) is 5.72. The summed E-state index contributed by atoms with van der Waals surface area (Å²) in [5.74, 6) is 0. The zero-order valence-electron chi connectivity index (χ0n) is 10.4. The van der Waals surface area contributed by atoms with Gasteiger partial charge >= 0.3 is 0 Å². The van der Waals surface area contributed by atoms with E-state index >= 15 is 0 Å². The minimum atomic E-state index is 0.541. The molecule has 92 valence electrons. The fourth-order valence-electron chi connectivity index (χ4n) is 2.74. The molecule has 0 bridgehead atoms. The first-order valence-electron chi connectivity index (χ1n) is 6.34. The molecule has 1 atom stereocenters. The Morgan fingerprint density at radius 3 is 2.50 bits per heavy atom. The van der Waals surface area contributed by atoms with Gasteiger partial charge in [0.15, 0.2) is 0 Å². The van der Waals surface area contributed by atoms with E-state index in [0.29, 0.717) is 6.04 Å². The maximum atomic E-state index is 3.48. The number of hydrogen-bond donors (Lipinski definition) is 1. The van der Waals surface area contributed by atoms with E-state index in [0.717, 1.165) is 4.47 Å². The van der Waals surface area contributed by atoms with Crippen LogP contribution in [0.3, 0.4) is 0 Å². The van der Waals surface area contributed by atoms with E-state index < -0.39 is 0 Å². The highest BCUT2D eigenvalue weighted by atomic mass is 79.9. The molecule has 0 heterocycles. The maximum absolute atomic E-state index is 3.48. The molecule has 0 amide bonds. The van der Waals surface area contributed by atoms with Gasteiger partial charge < -0.3 is 5.32 Å². The van der Waals surface area contributed by atoms with E-state index in [1.165, 1.54) is 35.1 Å². The molecule has 2 aromatic rings. The summed E-state index contributed by atoms with van der Waals surface area (Å²) in [5.41, 5.74) is 5.57. The van der Waals surface area contributed by atoms with Crippen LogP contribution >= 0.6 is 15.9 Å². The Bertz CT molecular complexity index is 560. The van der Waals surface area contributed by atoms with Crippen molar-refractivity contribution in [2.75, 3.05) is 7.05 Å². The Hall–Kier alpha value is -1.12. The third-order valence-corrected chi connectivity index (χ3v) is 4.28. The first-order valence-corrected chi connectivity index (χ1v) is 7.13. The van der Waals surface area contributed by atoms with E-state index in [4.69, 9.17) is 0 Å². The van der Waals surface area contributed by atoms with Gasteiger partial charge in [-0.25, -0.2) is 0 Å². The number of benzene rings is 2. The number of fused-ring (bicyclic) bond motifs is 1. The van der Waals surface area contributed by atoms with Gasteiger partial charge in [0.05, 0.1) is 0 Å². The molecule has 0 spiro atoms. The van der Waals surface area contributed by atoms with Crippen molar-refractivity contribution < 1.29 is 0 Å². The molecule has 0 saturated heterocycles. The van der Waals surface area contributed by atoms with Crippen LogP contribution in [0.15, 0.2) is 46.9 Å². The van der Waals surface area contributed by atoms with Crippen LogP contribution < -0.4 is 5.32 Å². The summed E-state index contributed by atoms with van der Waals surface area (Å²) >= 11 is 3.48. The fourth-order valence-corrected chi connectivity index (χ4v) is 3.00. The van der Waals surface area contributed by atoms with Crippen LogP contribution in [-0.2, 0) is 6.42 Å². The molecule has 2 heteroatoms. The van der Waals surface area contributed by atoms with E-state index in [-0.39, 0.29) is 0 Å². The highest BCUT2D eigenvalue weighted by molar-refractivity contribution is 9.10. The second kappa shape index (κ2) is 4.87. The molecule has 1 unspecified atom stereocenters. The van der Waals surface area contributed by atoms with Crippen LogP contribution in [0.25, 0.3) is 11.1 Å². The average molecular weight is 302 g/mol. The van der Waals surface area contributed by atoms with Crippen LogP contribution in [0.4, 0.5) is 0 Å². The fraction of sp³-hybridized carbons (Fsp3) is 0.250. The summed E-state index contributed by atoms with van der Waals surface area (Å²) in [5, 5.41) is 3.38. The second-order valence-electron chi connectivity index (χ2n) is 4.80. The van der Waals surface area contributed by atoms with Crippen LogP contribution in [-0.4, -0.2) is 7.05 Å². The largest absolute Gasteiger partial charge is 0.313 e. The van der Waals surface area contributed by atoms with Gasteiger partial charge in [-0.1, -0.05) is 46.3 Å². The summed E-state index contributed by atoms with van der Waals surface area (Å²) in [6, 6.07) is 15.9. The molecule has 0 aromatic heterocycles. The molecule has 2 aromatic carbocycles. The molecule has 1 aliphatic carbocycles. The van der Waals surface area contributed by atoms with Crippen molar-refractivity contribution in [2.45, 2.75) is 18.9 Å². The predicted molar refractivity (Wildman–Crippen MR) is 79.7 cm³/mol. The van der Waals surface area contributed by atoms with Crippen molar-refractivity contribution >= 4 is 15.9 Å². The lowest BCUT2D eigenvalue weighted by molar-refractivity contribution is 0.590. The summed E-state index contributed by atoms with van der Waals surface area (Å²) in [7, 11) is 2.04. The van der Waals surface area contributed by atoms with Crippen molar-refractivity contribution in [3.05, 3.63) is 58.1 Å². The SMILES string of the molecule is CNC1CCc2cc(-c3ccc(Br)cc3)ccc21. The Kier molecular flexibility index (Phi) is 3.23. The van der Waals surface area contributed by atoms with E-state index in [9.17, 15) is 0 Å². The quantitative estimate of drug-likeness (QED) is 0.871. The van der Waals surface area contributed by atoms with Crippen molar-refractivity contribution in [1.29, 1.82) is 0 Å². The summed E-state index contributed by atoms with van der Waals surface area (Å²) < 4.78 is 1.13. The molecule has 0 radical (unpaired) electrons. The Morgan fingerprint density at radius 1 is 1.06 bits per heavy atom. The van der Waals surface area contributed by atoms with Gasteiger partial charge in [-0.3, -0.25) is 0 Å². The van der Waals surface area contributed by atoms with Crippen LogP contribution in [0.5, 0.6) is 0 Å². The molecule has 18 heavy (non-hydrogen) atoms. The zero-order chi connectivity index (χ0) is 12.5. The van der Waals surface area contributed by atoms with Gasteiger partial charge in [-0.15, -0.1) is 0 Å².